The van der Waals surface area contributed by atoms with E-state index in [2.05, 4.69) is 4.72 Å². The smallest absolute Gasteiger partial charge is 0.335 e. The van der Waals surface area contributed by atoms with Gasteiger partial charge in [0.1, 0.15) is 11.4 Å². The molecule has 1 aromatic rings. The number of hydrogen-bond acceptors (Lipinski definition) is 4. The normalized spacial score (nSPS) is 26.7. The number of benzene rings is 1. The van der Waals surface area contributed by atoms with Gasteiger partial charge in [-0.2, -0.15) is 4.72 Å². The molecule has 4 unspecified atom stereocenters. The first kappa shape index (κ1) is 19.8. The van der Waals surface area contributed by atoms with E-state index in [0.29, 0.717) is 12.3 Å². The van der Waals surface area contributed by atoms with Gasteiger partial charge in [-0.05, 0) is 63.0 Å². The van der Waals surface area contributed by atoms with Crippen LogP contribution < -0.4 is 4.72 Å². The molecule has 2 saturated carbocycles. The van der Waals surface area contributed by atoms with Crippen LogP contribution in [0.3, 0.4) is 0 Å². The molecule has 7 nitrogen and oxygen atoms in total. The van der Waals surface area contributed by atoms with E-state index in [1.165, 1.54) is 13.8 Å². The molecule has 2 bridgehead atoms. The topological polar surface area (TPSA) is 121 Å². The summed E-state index contributed by atoms with van der Waals surface area (Å²) in [6, 6.07) is 1.59. The molecular formula is C18H22FNO6S. The number of carboxylic acid groups (broad SMARTS) is 2. The van der Waals surface area contributed by atoms with Crippen LogP contribution in [0.25, 0.3) is 0 Å². The van der Waals surface area contributed by atoms with Gasteiger partial charge in [0.2, 0.25) is 10.0 Å². The standard InChI is InChI=1S/C18H22FNO6S/c1-9-14(19)7-12(16(21)22)8-15(9)27(25,26)20-18(2,17(23)24)13-6-10-3-4-11(13)5-10/h7-8,10-11,13,20H,3-6H2,1-2H3,(H,21,22)(H,23,24). The third-order valence-electron chi connectivity index (χ3n) is 6.10. The van der Waals surface area contributed by atoms with Crippen LogP contribution in [0.5, 0.6) is 0 Å². The summed E-state index contributed by atoms with van der Waals surface area (Å²) in [5.41, 5.74) is -2.52. The van der Waals surface area contributed by atoms with Gasteiger partial charge in [0, 0.05) is 5.56 Å². The molecule has 2 aliphatic rings. The fourth-order valence-corrected chi connectivity index (χ4v) is 6.31. The predicted molar refractivity (Wildman–Crippen MR) is 93.4 cm³/mol. The summed E-state index contributed by atoms with van der Waals surface area (Å²) in [7, 11) is -4.46. The van der Waals surface area contributed by atoms with Gasteiger partial charge >= 0.3 is 11.9 Å². The Balaban J connectivity index is 2.02. The maximum absolute atomic E-state index is 14.1. The van der Waals surface area contributed by atoms with Crippen molar-refractivity contribution in [2.24, 2.45) is 17.8 Å². The second-order valence-corrected chi connectivity index (χ2v) is 9.43. The molecule has 0 aromatic heterocycles. The SMILES string of the molecule is Cc1c(F)cc(C(=O)O)cc1S(=O)(=O)NC(C)(C(=O)O)C1CC2CCC1C2. The van der Waals surface area contributed by atoms with Crippen molar-refractivity contribution in [1.82, 2.24) is 4.72 Å². The van der Waals surface area contributed by atoms with Crippen molar-refractivity contribution >= 4 is 22.0 Å². The van der Waals surface area contributed by atoms with Crippen LogP contribution >= 0.6 is 0 Å². The van der Waals surface area contributed by atoms with Gasteiger partial charge in [-0.25, -0.2) is 17.6 Å². The highest BCUT2D eigenvalue weighted by Crippen LogP contribution is 2.52. The molecule has 0 amide bonds. The third kappa shape index (κ3) is 3.34. The van der Waals surface area contributed by atoms with E-state index in [0.717, 1.165) is 31.4 Å². The van der Waals surface area contributed by atoms with E-state index in [1.54, 1.807) is 0 Å². The zero-order valence-electron chi connectivity index (χ0n) is 15.0. The van der Waals surface area contributed by atoms with Crippen LogP contribution in [-0.2, 0) is 14.8 Å². The van der Waals surface area contributed by atoms with E-state index < -0.39 is 43.8 Å². The van der Waals surface area contributed by atoms with E-state index in [4.69, 9.17) is 5.11 Å². The summed E-state index contributed by atoms with van der Waals surface area (Å²) in [5.74, 6) is -3.58. The average molecular weight is 399 g/mol. The lowest BCUT2D eigenvalue weighted by Gasteiger charge is -2.37. The lowest BCUT2D eigenvalue weighted by molar-refractivity contribution is -0.146. The number of sulfonamides is 1. The molecule has 2 aliphatic carbocycles. The highest BCUT2D eigenvalue weighted by Gasteiger charge is 2.54. The first-order valence-corrected chi connectivity index (χ1v) is 10.2. The number of aliphatic carboxylic acids is 1. The Morgan fingerprint density at radius 3 is 2.37 bits per heavy atom. The van der Waals surface area contributed by atoms with Crippen LogP contribution in [-0.4, -0.2) is 36.1 Å². The van der Waals surface area contributed by atoms with Gasteiger partial charge < -0.3 is 10.2 Å². The fourth-order valence-electron chi connectivity index (χ4n) is 4.62. The van der Waals surface area contributed by atoms with Gasteiger partial charge in [-0.1, -0.05) is 6.42 Å². The van der Waals surface area contributed by atoms with Crippen LogP contribution in [0.1, 0.15) is 48.5 Å². The monoisotopic (exact) mass is 399 g/mol. The van der Waals surface area contributed by atoms with Crippen LogP contribution in [0.4, 0.5) is 4.39 Å². The minimum Gasteiger partial charge on any atom is -0.480 e. The zero-order chi connectivity index (χ0) is 20.1. The largest absolute Gasteiger partial charge is 0.480 e. The summed E-state index contributed by atoms with van der Waals surface area (Å²) in [6.07, 6.45) is 3.40. The van der Waals surface area contributed by atoms with Crippen molar-refractivity contribution < 1.29 is 32.6 Å². The Labute approximate surface area is 156 Å². The van der Waals surface area contributed by atoms with Gasteiger partial charge in [-0.15, -0.1) is 0 Å². The van der Waals surface area contributed by atoms with E-state index in [9.17, 15) is 27.5 Å². The molecule has 0 heterocycles. The first-order chi connectivity index (χ1) is 12.5. The highest BCUT2D eigenvalue weighted by molar-refractivity contribution is 7.89. The minimum absolute atomic E-state index is 0.127. The minimum atomic E-state index is -4.46. The zero-order valence-corrected chi connectivity index (χ0v) is 15.8. The number of nitrogens with one attached hydrogen (secondary N) is 1. The number of aromatic carboxylic acids is 1. The second-order valence-electron chi connectivity index (χ2n) is 7.78. The van der Waals surface area contributed by atoms with Crippen molar-refractivity contribution in [1.29, 1.82) is 0 Å². The van der Waals surface area contributed by atoms with Crippen molar-refractivity contribution in [3.8, 4) is 0 Å². The van der Waals surface area contributed by atoms with Crippen LogP contribution in [0, 0.1) is 30.5 Å². The maximum Gasteiger partial charge on any atom is 0.335 e. The molecule has 0 spiro atoms. The van der Waals surface area contributed by atoms with Crippen molar-refractivity contribution in [3.05, 3.63) is 29.1 Å². The molecule has 2 fully saturated rings. The van der Waals surface area contributed by atoms with Gasteiger partial charge in [-0.3, -0.25) is 4.79 Å². The number of fused-ring (bicyclic) bond motifs is 2. The third-order valence-corrected chi connectivity index (χ3v) is 7.80. The molecule has 0 saturated heterocycles. The fraction of sp³-hybridized carbons (Fsp3) is 0.556. The Hall–Kier alpha value is -2.00. The molecule has 3 rings (SSSR count). The van der Waals surface area contributed by atoms with Gasteiger partial charge in [0.05, 0.1) is 10.5 Å². The summed E-state index contributed by atoms with van der Waals surface area (Å²) in [5, 5.41) is 18.9. The maximum atomic E-state index is 14.1. The van der Waals surface area contributed by atoms with Crippen molar-refractivity contribution in [2.45, 2.75) is 50.0 Å². The Kier molecular flexibility index (Phi) is 4.80. The molecule has 1 aromatic carbocycles. The number of hydrogen-bond donors (Lipinski definition) is 3. The van der Waals surface area contributed by atoms with Gasteiger partial charge in [0.15, 0.2) is 0 Å². The lowest BCUT2D eigenvalue weighted by atomic mass is 9.75. The van der Waals surface area contributed by atoms with Crippen LogP contribution in [0.15, 0.2) is 17.0 Å². The summed E-state index contributed by atoms with van der Waals surface area (Å²) in [4.78, 5) is 22.6. The Morgan fingerprint density at radius 1 is 1.22 bits per heavy atom. The highest BCUT2D eigenvalue weighted by atomic mass is 32.2. The Bertz CT molecular complexity index is 915. The second kappa shape index (κ2) is 6.56. The number of carbonyl (C=O) groups is 2. The summed E-state index contributed by atoms with van der Waals surface area (Å²) in [6.45, 7) is 2.55. The van der Waals surface area contributed by atoms with E-state index in [-0.39, 0.29) is 17.4 Å². The molecule has 0 radical (unpaired) electrons. The first-order valence-electron chi connectivity index (χ1n) is 8.76. The number of halogens is 1. The average Bonchev–Trinajstić information content (AvgIpc) is 3.19. The summed E-state index contributed by atoms with van der Waals surface area (Å²) < 4.78 is 42.2. The molecule has 9 heteroatoms. The Morgan fingerprint density at radius 2 is 1.89 bits per heavy atom. The van der Waals surface area contributed by atoms with Crippen molar-refractivity contribution in [3.63, 3.8) is 0 Å². The quantitative estimate of drug-likeness (QED) is 0.675. The van der Waals surface area contributed by atoms with E-state index in [1.807, 2.05) is 0 Å². The van der Waals surface area contributed by atoms with E-state index >= 15 is 0 Å². The molecule has 27 heavy (non-hydrogen) atoms. The number of rotatable bonds is 6. The lowest BCUT2D eigenvalue weighted by Crippen LogP contribution is -2.58. The van der Waals surface area contributed by atoms with Crippen LogP contribution in [0.2, 0.25) is 0 Å². The summed E-state index contributed by atoms with van der Waals surface area (Å²) >= 11 is 0. The van der Waals surface area contributed by atoms with Crippen molar-refractivity contribution in [2.75, 3.05) is 0 Å². The molecule has 0 aliphatic heterocycles. The molecule has 148 valence electrons. The molecule has 4 atom stereocenters. The molecule has 3 N–H and O–H groups in total. The number of carboxylic acids is 2. The predicted octanol–water partition coefficient (Wildman–Crippen LogP) is 2.39. The molecular weight excluding hydrogens is 377 g/mol. The van der Waals surface area contributed by atoms with Gasteiger partial charge in [0.25, 0.3) is 0 Å².